The molecule has 0 amide bonds. The van der Waals surface area contributed by atoms with Crippen molar-refractivity contribution in [2.75, 3.05) is 6.54 Å². The Morgan fingerprint density at radius 3 is 2.41 bits per heavy atom. The third kappa shape index (κ3) is 2.48. The van der Waals surface area contributed by atoms with E-state index in [1.807, 2.05) is 13.8 Å². The summed E-state index contributed by atoms with van der Waals surface area (Å²) in [6, 6.07) is 0.355. The van der Waals surface area contributed by atoms with Gasteiger partial charge in [0.05, 0.1) is 0 Å². The molecular weight excluding hydrogens is 222 g/mol. The summed E-state index contributed by atoms with van der Waals surface area (Å²) < 4.78 is 17.0. The van der Waals surface area contributed by atoms with E-state index in [1.165, 1.54) is 0 Å². The van der Waals surface area contributed by atoms with Crippen molar-refractivity contribution in [1.82, 2.24) is 5.32 Å². The zero-order valence-corrected chi connectivity index (χ0v) is 11.2. The zero-order valence-electron chi connectivity index (χ0n) is 11.2. The van der Waals surface area contributed by atoms with Gasteiger partial charge in [0.25, 0.3) is 0 Å². The number of fused-ring (bicyclic) bond motifs is 1. The average molecular weight is 245 g/mol. The van der Waals surface area contributed by atoms with Crippen LogP contribution in [-0.2, 0) is 14.2 Å². The maximum Gasteiger partial charge on any atom is 0.190 e. The lowest BCUT2D eigenvalue weighted by Crippen LogP contribution is -2.50. The number of rotatable bonds is 3. The van der Waals surface area contributed by atoms with Crippen molar-refractivity contribution in [3.8, 4) is 0 Å². The highest BCUT2D eigenvalue weighted by Gasteiger charge is 2.60. The molecular formula is C12H23NO4. The van der Waals surface area contributed by atoms with Crippen LogP contribution >= 0.6 is 0 Å². The van der Waals surface area contributed by atoms with Crippen molar-refractivity contribution in [3.63, 3.8) is 0 Å². The number of hydrogen-bond donors (Lipinski definition) is 2. The second kappa shape index (κ2) is 4.17. The molecule has 2 aliphatic heterocycles. The second-order valence-electron chi connectivity index (χ2n) is 5.84. The molecule has 0 aromatic rings. The first-order chi connectivity index (χ1) is 7.72. The van der Waals surface area contributed by atoms with Crippen LogP contribution < -0.4 is 5.32 Å². The van der Waals surface area contributed by atoms with E-state index in [0.29, 0.717) is 12.6 Å². The Kier molecular flexibility index (Phi) is 3.25. The fourth-order valence-corrected chi connectivity index (χ4v) is 2.30. The number of aliphatic hydroxyl groups is 1. The summed E-state index contributed by atoms with van der Waals surface area (Å²) in [4.78, 5) is 0. The SMILES string of the molecule is CC(C)NC[C@H]1O[C@@H]2OC(C)(C)O[C@@H]2[C@@]1(C)O. The van der Waals surface area contributed by atoms with Crippen LogP contribution in [0.2, 0.25) is 0 Å². The first kappa shape index (κ1) is 13.2. The predicted octanol–water partition coefficient (Wildman–Crippen LogP) is 0.612. The van der Waals surface area contributed by atoms with Crippen molar-refractivity contribution < 1.29 is 19.3 Å². The van der Waals surface area contributed by atoms with E-state index in [-0.39, 0.29) is 6.10 Å². The Morgan fingerprint density at radius 1 is 1.24 bits per heavy atom. The van der Waals surface area contributed by atoms with Crippen LogP contribution in [0.15, 0.2) is 0 Å². The van der Waals surface area contributed by atoms with E-state index >= 15 is 0 Å². The van der Waals surface area contributed by atoms with Crippen LogP contribution in [0.3, 0.4) is 0 Å². The van der Waals surface area contributed by atoms with Gasteiger partial charge in [-0.25, -0.2) is 0 Å². The van der Waals surface area contributed by atoms with Gasteiger partial charge in [-0.1, -0.05) is 13.8 Å². The van der Waals surface area contributed by atoms with Crippen molar-refractivity contribution in [3.05, 3.63) is 0 Å². The van der Waals surface area contributed by atoms with Crippen molar-refractivity contribution in [2.45, 2.75) is 70.5 Å². The minimum Gasteiger partial charge on any atom is -0.384 e. The minimum absolute atomic E-state index is 0.309. The summed E-state index contributed by atoms with van der Waals surface area (Å²) in [5.41, 5.74) is -1.03. The van der Waals surface area contributed by atoms with Crippen LogP contribution in [0.4, 0.5) is 0 Å². The lowest BCUT2D eigenvalue weighted by molar-refractivity contribution is -0.226. The van der Waals surface area contributed by atoms with E-state index in [9.17, 15) is 5.11 Å². The molecule has 2 heterocycles. The first-order valence-corrected chi connectivity index (χ1v) is 6.19. The Balaban J connectivity index is 2.02. The molecule has 2 aliphatic rings. The van der Waals surface area contributed by atoms with Crippen LogP contribution in [0, 0.1) is 0 Å². The maximum atomic E-state index is 10.5. The third-order valence-corrected chi connectivity index (χ3v) is 3.30. The summed E-state index contributed by atoms with van der Waals surface area (Å²) >= 11 is 0. The average Bonchev–Trinajstić information content (AvgIpc) is 2.57. The Hall–Kier alpha value is -0.200. The lowest BCUT2D eigenvalue weighted by Gasteiger charge is -2.30. The molecule has 0 aromatic carbocycles. The molecule has 0 saturated carbocycles. The predicted molar refractivity (Wildman–Crippen MR) is 62.5 cm³/mol. The maximum absolute atomic E-state index is 10.5. The minimum atomic E-state index is -1.03. The molecule has 17 heavy (non-hydrogen) atoms. The van der Waals surface area contributed by atoms with Gasteiger partial charge in [-0.2, -0.15) is 0 Å². The van der Waals surface area contributed by atoms with Crippen LogP contribution in [-0.4, -0.2) is 47.6 Å². The largest absolute Gasteiger partial charge is 0.384 e. The van der Waals surface area contributed by atoms with Gasteiger partial charge in [-0.3, -0.25) is 0 Å². The molecule has 2 rings (SSSR count). The van der Waals surface area contributed by atoms with E-state index < -0.39 is 23.8 Å². The fraction of sp³-hybridized carbons (Fsp3) is 1.00. The number of hydrogen-bond acceptors (Lipinski definition) is 5. The van der Waals surface area contributed by atoms with E-state index in [4.69, 9.17) is 14.2 Å². The topological polar surface area (TPSA) is 60.0 Å². The van der Waals surface area contributed by atoms with Crippen molar-refractivity contribution in [1.29, 1.82) is 0 Å². The highest BCUT2D eigenvalue weighted by molar-refractivity contribution is 5.03. The Labute approximate surface area is 102 Å². The third-order valence-electron chi connectivity index (χ3n) is 3.30. The highest BCUT2D eigenvalue weighted by Crippen LogP contribution is 2.42. The molecule has 5 nitrogen and oxygen atoms in total. The number of ether oxygens (including phenoxy) is 3. The molecule has 4 atom stereocenters. The van der Waals surface area contributed by atoms with Gasteiger partial charge >= 0.3 is 0 Å². The fourth-order valence-electron chi connectivity index (χ4n) is 2.30. The van der Waals surface area contributed by atoms with E-state index in [2.05, 4.69) is 19.2 Å². The van der Waals surface area contributed by atoms with Gasteiger partial charge < -0.3 is 24.6 Å². The van der Waals surface area contributed by atoms with Crippen LogP contribution in [0.25, 0.3) is 0 Å². The van der Waals surface area contributed by atoms with Gasteiger partial charge in [-0.05, 0) is 20.8 Å². The Morgan fingerprint density at radius 2 is 1.88 bits per heavy atom. The van der Waals surface area contributed by atoms with Crippen molar-refractivity contribution >= 4 is 0 Å². The second-order valence-corrected chi connectivity index (χ2v) is 5.84. The molecule has 0 spiro atoms. The molecule has 0 aromatic heterocycles. The van der Waals surface area contributed by atoms with Crippen molar-refractivity contribution in [2.24, 2.45) is 0 Å². The summed E-state index contributed by atoms with van der Waals surface area (Å²) in [7, 11) is 0. The smallest absolute Gasteiger partial charge is 0.190 e. The summed E-state index contributed by atoms with van der Waals surface area (Å²) in [6.07, 6.45) is -1.20. The molecule has 5 heteroatoms. The molecule has 2 N–H and O–H groups in total. The standard InChI is InChI=1S/C12H23NO4/c1-7(2)13-6-8-12(5,14)9-10(15-8)17-11(3,4)16-9/h7-10,13-14H,6H2,1-5H3/t8-,9+,10-,12+/m1/s1. The van der Waals surface area contributed by atoms with Gasteiger partial charge in [0.2, 0.25) is 0 Å². The monoisotopic (exact) mass is 245 g/mol. The molecule has 100 valence electrons. The first-order valence-electron chi connectivity index (χ1n) is 6.19. The molecule has 2 saturated heterocycles. The molecule has 0 bridgehead atoms. The Bertz CT molecular complexity index is 290. The van der Waals surface area contributed by atoms with Crippen LogP contribution in [0.1, 0.15) is 34.6 Å². The lowest BCUT2D eigenvalue weighted by atomic mass is 9.95. The molecule has 0 unspecified atom stereocenters. The quantitative estimate of drug-likeness (QED) is 0.763. The summed E-state index contributed by atoms with van der Waals surface area (Å²) in [6.45, 7) is 10.1. The molecule has 0 aliphatic carbocycles. The van der Waals surface area contributed by atoms with E-state index in [0.717, 1.165) is 0 Å². The van der Waals surface area contributed by atoms with Gasteiger partial charge in [0.15, 0.2) is 12.1 Å². The van der Waals surface area contributed by atoms with Gasteiger partial charge in [-0.15, -0.1) is 0 Å². The van der Waals surface area contributed by atoms with Gasteiger partial charge in [0, 0.05) is 12.6 Å². The van der Waals surface area contributed by atoms with E-state index in [1.54, 1.807) is 6.92 Å². The van der Waals surface area contributed by atoms with Gasteiger partial charge in [0.1, 0.15) is 17.8 Å². The normalized spacial score (nSPS) is 44.3. The summed E-state index contributed by atoms with van der Waals surface area (Å²) in [5.74, 6) is -0.685. The number of nitrogens with one attached hydrogen (secondary N) is 1. The highest BCUT2D eigenvalue weighted by atomic mass is 16.8. The van der Waals surface area contributed by atoms with Crippen LogP contribution in [0.5, 0.6) is 0 Å². The molecule has 2 fully saturated rings. The summed E-state index contributed by atoms with van der Waals surface area (Å²) in [5, 5.41) is 13.8. The zero-order chi connectivity index (χ0) is 12.8. The molecule has 0 radical (unpaired) electrons.